The minimum atomic E-state index is -4.62. The zero-order valence-electron chi connectivity index (χ0n) is 16.3. The number of rotatable bonds is 4. The lowest BCUT2D eigenvalue weighted by molar-refractivity contribution is -0.137. The zero-order chi connectivity index (χ0) is 23.0. The molecule has 0 aliphatic carbocycles. The molecular formula is C20H19Cl2F3N2O3S. The number of hydrogen-bond acceptors (Lipinski definition) is 3. The van der Waals surface area contributed by atoms with Crippen LogP contribution in [0.1, 0.15) is 35.7 Å². The van der Waals surface area contributed by atoms with Gasteiger partial charge in [-0.05, 0) is 55.2 Å². The van der Waals surface area contributed by atoms with Crippen molar-refractivity contribution in [3.8, 4) is 0 Å². The Balaban J connectivity index is 1.89. The zero-order valence-corrected chi connectivity index (χ0v) is 18.7. The molecule has 0 atom stereocenters. The second-order valence-corrected chi connectivity index (χ2v) is 10.1. The Bertz CT molecular complexity index is 1100. The minimum Gasteiger partial charge on any atom is -0.321 e. The van der Waals surface area contributed by atoms with E-state index in [0.717, 1.165) is 31.0 Å². The summed E-state index contributed by atoms with van der Waals surface area (Å²) in [7, 11) is -3.85. The summed E-state index contributed by atoms with van der Waals surface area (Å²) in [6, 6.07) is 6.18. The number of nitrogens with one attached hydrogen (secondary N) is 1. The highest BCUT2D eigenvalue weighted by atomic mass is 35.5. The van der Waals surface area contributed by atoms with Crippen LogP contribution in [-0.4, -0.2) is 31.7 Å². The number of sulfonamides is 1. The van der Waals surface area contributed by atoms with Crippen molar-refractivity contribution in [3.63, 3.8) is 0 Å². The number of piperidine rings is 1. The molecule has 1 aliphatic rings. The minimum absolute atomic E-state index is 0.0492. The van der Waals surface area contributed by atoms with E-state index < -0.39 is 27.7 Å². The van der Waals surface area contributed by atoms with Gasteiger partial charge in [0.15, 0.2) is 0 Å². The Morgan fingerprint density at radius 1 is 1.06 bits per heavy atom. The molecule has 1 amide bonds. The van der Waals surface area contributed by atoms with Crippen LogP contribution >= 0.6 is 23.2 Å². The van der Waals surface area contributed by atoms with Crippen molar-refractivity contribution < 1.29 is 26.4 Å². The van der Waals surface area contributed by atoms with Crippen LogP contribution in [0.4, 0.5) is 18.9 Å². The molecule has 1 N–H and O–H groups in total. The number of alkyl halides is 3. The molecule has 1 saturated heterocycles. The molecule has 2 aromatic rings. The van der Waals surface area contributed by atoms with E-state index in [1.807, 2.05) is 6.92 Å². The van der Waals surface area contributed by atoms with Crippen LogP contribution < -0.4 is 5.32 Å². The SMILES string of the molecule is CC1CCN(S(=O)(=O)c2ccc(Cl)c(C(=O)Nc3cc(C(F)(F)F)ccc3Cl)c2)CC1. The van der Waals surface area contributed by atoms with Crippen LogP contribution in [0.25, 0.3) is 0 Å². The van der Waals surface area contributed by atoms with Crippen LogP contribution in [0.2, 0.25) is 10.0 Å². The summed E-state index contributed by atoms with van der Waals surface area (Å²) in [4.78, 5) is 12.6. The lowest BCUT2D eigenvalue weighted by Gasteiger charge is -2.29. The standard InChI is InChI=1S/C20H19Cl2F3N2O3S/c1-12-6-8-27(9-7-12)31(29,30)14-3-5-16(21)15(11-14)19(28)26-18-10-13(20(23,24)25)2-4-17(18)22/h2-5,10-12H,6-9H2,1H3,(H,26,28). The molecule has 1 heterocycles. The molecule has 0 unspecified atom stereocenters. The molecule has 1 aliphatic heterocycles. The largest absolute Gasteiger partial charge is 0.416 e. The quantitative estimate of drug-likeness (QED) is 0.593. The van der Waals surface area contributed by atoms with E-state index in [0.29, 0.717) is 25.1 Å². The maximum atomic E-state index is 13.0. The van der Waals surface area contributed by atoms with Crippen molar-refractivity contribution in [2.75, 3.05) is 18.4 Å². The number of amides is 1. The first-order valence-electron chi connectivity index (χ1n) is 9.37. The molecule has 0 bridgehead atoms. The normalized spacial score (nSPS) is 16.3. The van der Waals surface area contributed by atoms with Gasteiger partial charge in [0.1, 0.15) is 0 Å². The summed E-state index contributed by atoms with van der Waals surface area (Å²) >= 11 is 12.0. The molecule has 0 saturated carbocycles. The number of carbonyl (C=O) groups excluding carboxylic acids is 1. The fourth-order valence-corrected chi connectivity index (χ4v) is 5.06. The summed E-state index contributed by atoms with van der Waals surface area (Å²) in [6.07, 6.45) is -3.16. The summed E-state index contributed by atoms with van der Waals surface area (Å²) in [6.45, 7) is 2.79. The molecule has 3 rings (SSSR count). The van der Waals surface area contributed by atoms with Gasteiger partial charge in [0.05, 0.1) is 31.8 Å². The monoisotopic (exact) mass is 494 g/mol. The molecule has 0 spiro atoms. The third kappa shape index (κ3) is 5.34. The van der Waals surface area contributed by atoms with Crippen molar-refractivity contribution in [2.45, 2.75) is 30.8 Å². The van der Waals surface area contributed by atoms with Crippen LogP contribution in [0, 0.1) is 5.92 Å². The Kier molecular flexibility index (Phi) is 6.90. The smallest absolute Gasteiger partial charge is 0.321 e. The summed E-state index contributed by atoms with van der Waals surface area (Å²) in [5.74, 6) is -0.453. The first-order chi connectivity index (χ1) is 14.4. The predicted molar refractivity (Wildman–Crippen MR) is 113 cm³/mol. The van der Waals surface area contributed by atoms with Gasteiger partial charge >= 0.3 is 6.18 Å². The third-order valence-electron chi connectivity index (χ3n) is 5.10. The van der Waals surface area contributed by atoms with E-state index in [-0.39, 0.29) is 26.2 Å². The summed E-state index contributed by atoms with van der Waals surface area (Å²) in [5, 5.41) is 2.12. The Labute approximate surface area is 188 Å². The molecule has 11 heteroatoms. The second-order valence-electron chi connectivity index (χ2n) is 7.37. The summed E-state index contributed by atoms with van der Waals surface area (Å²) < 4.78 is 66.1. The molecular weight excluding hydrogens is 476 g/mol. The topological polar surface area (TPSA) is 66.5 Å². The average Bonchev–Trinajstić information content (AvgIpc) is 2.69. The van der Waals surface area contributed by atoms with Gasteiger partial charge in [0.25, 0.3) is 5.91 Å². The van der Waals surface area contributed by atoms with Crippen molar-refractivity contribution in [1.29, 1.82) is 0 Å². The molecule has 5 nitrogen and oxygen atoms in total. The van der Waals surface area contributed by atoms with Gasteiger partial charge in [-0.2, -0.15) is 17.5 Å². The summed E-state index contributed by atoms with van der Waals surface area (Å²) in [5.41, 5.74) is -1.45. The van der Waals surface area contributed by atoms with Gasteiger partial charge in [0.2, 0.25) is 10.0 Å². The van der Waals surface area contributed by atoms with Crippen molar-refractivity contribution in [3.05, 3.63) is 57.6 Å². The van der Waals surface area contributed by atoms with E-state index in [2.05, 4.69) is 5.32 Å². The molecule has 0 radical (unpaired) electrons. The van der Waals surface area contributed by atoms with Crippen LogP contribution in [0.3, 0.4) is 0 Å². The van der Waals surface area contributed by atoms with E-state index in [1.165, 1.54) is 16.4 Å². The number of halogens is 5. The third-order valence-corrected chi connectivity index (χ3v) is 7.66. The Morgan fingerprint density at radius 3 is 2.29 bits per heavy atom. The van der Waals surface area contributed by atoms with Crippen molar-refractivity contribution >= 4 is 44.8 Å². The fraction of sp³-hybridized carbons (Fsp3) is 0.350. The molecule has 31 heavy (non-hydrogen) atoms. The fourth-order valence-electron chi connectivity index (χ4n) is 3.20. The van der Waals surface area contributed by atoms with E-state index >= 15 is 0 Å². The van der Waals surface area contributed by atoms with Crippen molar-refractivity contribution in [1.82, 2.24) is 4.31 Å². The van der Waals surface area contributed by atoms with Crippen LogP contribution in [0.5, 0.6) is 0 Å². The lowest BCUT2D eigenvalue weighted by Crippen LogP contribution is -2.37. The average molecular weight is 495 g/mol. The number of benzene rings is 2. The number of nitrogens with zero attached hydrogens (tertiary/aromatic N) is 1. The maximum Gasteiger partial charge on any atom is 0.416 e. The molecule has 2 aromatic carbocycles. The Hall–Kier alpha value is -1.81. The maximum absolute atomic E-state index is 13.0. The number of carbonyl (C=O) groups is 1. The van der Waals surface area contributed by atoms with Crippen LogP contribution in [0.15, 0.2) is 41.3 Å². The van der Waals surface area contributed by atoms with Gasteiger partial charge < -0.3 is 5.32 Å². The van der Waals surface area contributed by atoms with Gasteiger partial charge in [0, 0.05) is 13.1 Å². The molecule has 1 fully saturated rings. The van der Waals surface area contributed by atoms with E-state index in [9.17, 15) is 26.4 Å². The van der Waals surface area contributed by atoms with Crippen LogP contribution in [-0.2, 0) is 16.2 Å². The Morgan fingerprint density at radius 2 is 1.68 bits per heavy atom. The number of anilines is 1. The highest BCUT2D eigenvalue weighted by Crippen LogP contribution is 2.34. The van der Waals surface area contributed by atoms with Gasteiger partial charge in [-0.3, -0.25) is 4.79 Å². The second kappa shape index (κ2) is 8.97. The highest BCUT2D eigenvalue weighted by molar-refractivity contribution is 7.89. The first-order valence-corrected chi connectivity index (χ1v) is 11.6. The predicted octanol–water partition coefficient (Wildman–Crippen LogP) is 5.69. The molecule has 168 valence electrons. The van der Waals surface area contributed by atoms with E-state index in [1.54, 1.807) is 0 Å². The van der Waals surface area contributed by atoms with Gasteiger partial charge in [-0.15, -0.1) is 0 Å². The highest BCUT2D eigenvalue weighted by Gasteiger charge is 2.32. The lowest BCUT2D eigenvalue weighted by atomic mass is 10.0. The van der Waals surface area contributed by atoms with E-state index in [4.69, 9.17) is 23.2 Å². The number of hydrogen-bond donors (Lipinski definition) is 1. The molecule has 0 aromatic heterocycles. The van der Waals surface area contributed by atoms with Crippen molar-refractivity contribution in [2.24, 2.45) is 5.92 Å². The first kappa shape index (κ1) is 23.8. The van der Waals surface area contributed by atoms with Gasteiger partial charge in [-0.1, -0.05) is 30.1 Å². The van der Waals surface area contributed by atoms with Gasteiger partial charge in [-0.25, -0.2) is 8.42 Å².